The molecule has 1 aromatic carbocycles. The van der Waals surface area contributed by atoms with Crippen LogP contribution in [0.25, 0.3) is 0 Å². The van der Waals surface area contributed by atoms with Crippen LogP contribution in [0.4, 0.5) is 0 Å². The van der Waals surface area contributed by atoms with Gasteiger partial charge in [0, 0.05) is 25.6 Å². The number of nitrogens with one attached hydrogen (secondary N) is 1. The van der Waals surface area contributed by atoms with Crippen molar-refractivity contribution in [3.8, 4) is 6.07 Å². The summed E-state index contributed by atoms with van der Waals surface area (Å²) in [6.07, 6.45) is 8.21. The molecule has 0 radical (unpaired) electrons. The standard InChI is InChI=1S/C21H29N3O/c22-13-17-6-4-7-18(12-17)15-24-11-5-8-19(16-24)14-23-21(25)20-9-2-1-3-10-20/h4,6-7,12,19-20H,1-3,5,8-11,14-16H2,(H,23,25)/t19-/m1/s1. The molecule has 134 valence electrons. The van der Waals surface area contributed by atoms with Crippen LogP contribution >= 0.6 is 0 Å². The lowest BCUT2D eigenvalue weighted by Crippen LogP contribution is -2.42. The van der Waals surface area contributed by atoms with Crippen LogP contribution in [0, 0.1) is 23.2 Å². The molecule has 1 atom stereocenters. The van der Waals surface area contributed by atoms with E-state index >= 15 is 0 Å². The average Bonchev–Trinajstić information content (AvgIpc) is 2.67. The van der Waals surface area contributed by atoms with E-state index in [2.05, 4.69) is 22.4 Å². The first kappa shape index (κ1) is 17.9. The summed E-state index contributed by atoms with van der Waals surface area (Å²) < 4.78 is 0. The number of hydrogen-bond acceptors (Lipinski definition) is 3. The second-order valence-electron chi connectivity index (χ2n) is 7.64. The largest absolute Gasteiger partial charge is 0.356 e. The first-order valence-corrected chi connectivity index (χ1v) is 9.73. The van der Waals surface area contributed by atoms with Gasteiger partial charge >= 0.3 is 0 Å². The summed E-state index contributed by atoms with van der Waals surface area (Å²) in [4.78, 5) is 14.8. The predicted octanol–water partition coefficient (Wildman–Crippen LogP) is 3.47. The molecule has 1 aliphatic carbocycles. The van der Waals surface area contributed by atoms with E-state index in [1.807, 2.05) is 18.2 Å². The van der Waals surface area contributed by atoms with E-state index in [-0.39, 0.29) is 11.8 Å². The lowest BCUT2D eigenvalue weighted by atomic mass is 9.88. The summed E-state index contributed by atoms with van der Waals surface area (Å²) >= 11 is 0. The predicted molar refractivity (Wildman–Crippen MR) is 98.7 cm³/mol. The Morgan fingerprint density at radius 1 is 1.20 bits per heavy atom. The summed E-state index contributed by atoms with van der Waals surface area (Å²) in [6.45, 7) is 3.83. The molecule has 2 fully saturated rings. The van der Waals surface area contributed by atoms with Crippen LogP contribution in [0.1, 0.15) is 56.1 Å². The highest BCUT2D eigenvalue weighted by molar-refractivity contribution is 5.78. The van der Waals surface area contributed by atoms with Crippen LogP contribution in [0.15, 0.2) is 24.3 Å². The number of likely N-dealkylation sites (tertiary alicyclic amines) is 1. The molecule has 0 aromatic heterocycles. The molecule has 1 aromatic rings. The van der Waals surface area contributed by atoms with Crippen molar-refractivity contribution in [3.05, 3.63) is 35.4 Å². The Morgan fingerprint density at radius 2 is 2.04 bits per heavy atom. The van der Waals surface area contributed by atoms with E-state index < -0.39 is 0 Å². The van der Waals surface area contributed by atoms with Gasteiger partial charge in [0.05, 0.1) is 11.6 Å². The van der Waals surface area contributed by atoms with Gasteiger partial charge in [0.2, 0.25) is 5.91 Å². The van der Waals surface area contributed by atoms with Gasteiger partial charge in [-0.15, -0.1) is 0 Å². The number of hydrogen-bond donors (Lipinski definition) is 1. The fourth-order valence-electron chi connectivity index (χ4n) is 4.21. The van der Waals surface area contributed by atoms with E-state index in [1.165, 1.54) is 37.7 Å². The van der Waals surface area contributed by atoms with E-state index in [9.17, 15) is 4.79 Å². The van der Waals surface area contributed by atoms with Gasteiger partial charge < -0.3 is 5.32 Å². The second-order valence-corrected chi connectivity index (χ2v) is 7.64. The molecule has 1 amide bonds. The fraction of sp³-hybridized carbons (Fsp3) is 0.619. The Labute approximate surface area is 151 Å². The summed E-state index contributed by atoms with van der Waals surface area (Å²) in [5.41, 5.74) is 1.93. The Balaban J connectivity index is 1.46. The molecule has 1 N–H and O–H groups in total. The van der Waals surface area contributed by atoms with Crippen LogP contribution in [0.3, 0.4) is 0 Å². The maximum Gasteiger partial charge on any atom is 0.223 e. The van der Waals surface area contributed by atoms with Gasteiger partial charge in [0.15, 0.2) is 0 Å². The lowest BCUT2D eigenvalue weighted by Gasteiger charge is -2.33. The van der Waals surface area contributed by atoms with Crippen LogP contribution in [0.2, 0.25) is 0 Å². The highest BCUT2D eigenvalue weighted by Crippen LogP contribution is 2.24. The van der Waals surface area contributed by atoms with Crippen molar-refractivity contribution in [1.82, 2.24) is 10.2 Å². The van der Waals surface area contributed by atoms with Crippen LogP contribution < -0.4 is 5.32 Å². The van der Waals surface area contributed by atoms with Crippen molar-refractivity contribution in [3.63, 3.8) is 0 Å². The average molecular weight is 339 g/mol. The zero-order chi connectivity index (χ0) is 17.5. The minimum atomic E-state index is 0.252. The number of carbonyl (C=O) groups is 1. The van der Waals surface area contributed by atoms with E-state index in [4.69, 9.17) is 5.26 Å². The van der Waals surface area contributed by atoms with Gasteiger partial charge in [-0.1, -0.05) is 31.4 Å². The van der Waals surface area contributed by atoms with Crippen LogP contribution in [-0.4, -0.2) is 30.4 Å². The molecular formula is C21H29N3O. The van der Waals surface area contributed by atoms with Crippen LogP contribution in [0.5, 0.6) is 0 Å². The third kappa shape index (κ3) is 5.31. The Hall–Kier alpha value is -1.86. The monoisotopic (exact) mass is 339 g/mol. The van der Waals surface area contributed by atoms with Crippen LogP contribution in [-0.2, 0) is 11.3 Å². The number of nitrogens with zero attached hydrogens (tertiary/aromatic N) is 2. The quantitative estimate of drug-likeness (QED) is 0.894. The van der Waals surface area contributed by atoms with Gasteiger partial charge in [-0.2, -0.15) is 5.26 Å². The summed E-state index contributed by atoms with van der Waals surface area (Å²) in [6, 6.07) is 10.1. The smallest absolute Gasteiger partial charge is 0.223 e. The summed E-state index contributed by atoms with van der Waals surface area (Å²) in [5, 5.41) is 12.3. The number of rotatable bonds is 5. The molecule has 0 spiro atoms. The minimum Gasteiger partial charge on any atom is -0.356 e. The molecule has 0 unspecified atom stereocenters. The molecule has 2 aliphatic rings. The number of carbonyl (C=O) groups excluding carboxylic acids is 1. The lowest BCUT2D eigenvalue weighted by molar-refractivity contribution is -0.126. The number of piperidine rings is 1. The highest BCUT2D eigenvalue weighted by atomic mass is 16.1. The van der Waals surface area contributed by atoms with E-state index in [0.717, 1.165) is 44.6 Å². The molecule has 4 heteroatoms. The van der Waals surface area contributed by atoms with Crippen molar-refractivity contribution < 1.29 is 4.79 Å². The Kier molecular flexibility index (Phi) is 6.47. The van der Waals surface area contributed by atoms with Gasteiger partial charge in [-0.25, -0.2) is 0 Å². The number of amides is 1. The fourth-order valence-corrected chi connectivity index (χ4v) is 4.21. The maximum atomic E-state index is 12.3. The Bertz CT molecular complexity index is 616. The number of nitriles is 1. The zero-order valence-corrected chi connectivity index (χ0v) is 15.0. The van der Waals surface area contributed by atoms with Crippen molar-refractivity contribution >= 4 is 5.91 Å². The zero-order valence-electron chi connectivity index (χ0n) is 15.0. The van der Waals surface area contributed by atoms with Gasteiger partial charge in [0.1, 0.15) is 0 Å². The Morgan fingerprint density at radius 3 is 2.84 bits per heavy atom. The first-order chi connectivity index (χ1) is 12.2. The molecule has 1 aliphatic heterocycles. The van der Waals surface area contributed by atoms with Crippen molar-refractivity contribution in [1.29, 1.82) is 5.26 Å². The molecule has 4 nitrogen and oxygen atoms in total. The topological polar surface area (TPSA) is 56.1 Å². The van der Waals surface area contributed by atoms with Gasteiger partial charge in [0.25, 0.3) is 0 Å². The van der Waals surface area contributed by atoms with Crippen molar-refractivity contribution in [2.45, 2.75) is 51.5 Å². The molecular weight excluding hydrogens is 310 g/mol. The van der Waals surface area contributed by atoms with E-state index in [1.54, 1.807) is 0 Å². The number of benzene rings is 1. The molecule has 3 rings (SSSR count). The molecule has 1 saturated carbocycles. The van der Waals surface area contributed by atoms with Gasteiger partial charge in [-0.3, -0.25) is 9.69 Å². The van der Waals surface area contributed by atoms with Gasteiger partial charge in [-0.05, 0) is 55.8 Å². The van der Waals surface area contributed by atoms with Crippen molar-refractivity contribution in [2.24, 2.45) is 11.8 Å². The SMILES string of the molecule is N#Cc1cccc(CN2CCC[C@H](CNC(=O)C3CCCCC3)C2)c1. The minimum absolute atomic E-state index is 0.252. The summed E-state index contributed by atoms with van der Waals surface area (Å²) in [7, 11) is 0. The molecule has 0 bridgehead atoms. The molecule has 1 saturated heterocycles. The van der Waals surface area contributed by atoms with Crippen molar-refractivity contribution in [2.75, 3.05) is 19.6 Å². The maximum absolute atomic E-state index is 12.3. The third-order valence-corrected chi connectivity index (χ3v) is 5.61. The first-order valence-electron chi connectivity index (χ1n) is 9.73. The third-order valence-electron chi connectivity index (χ3n) is 5.61. The molecule has 25 heavy (non-hydrogen) atoms. The second kappa shape index (κ2) is 9.01. The molecule has 1 heterocycles. The normalized spacial score (nSPS) is 22.3. The highest BCUT2D eigenvalue weighted by Gasteiger charge is 2.24. The van der Waals surface area contributed by atoms with E-state index in [0.29, 0.717) is 5.92 Å². The summed E-state index contributed by atoms with van der Waals surface area (Å²) in [5.74, 6) is 1.07.